The average molecular weight is 486 g/mol. The number of amides is 4. The zero-order chi connectivity index (χ0) is 25.7. The Bertz CT molecular complexity index is 990. The Morgan fingerprint density at radius 2 is 1.91 bits per heavy atom. The summed E-state index contributed by atoms with van der Waals surface area (Å²) < 4.78 is 5.46. The lowest BCUT2D eigenvalue weighted by Crippen LogP contribution is -2.50. The molecule has 2 aliphatic rings. The van der Waals surface area contributed by atoms with Crippen molar-refractivity contribution in [1.29, 1.82) is 0 Å². The molecule has 0 radical (unpaired) electrons. The lowest BCUT2D eigenvalue weighted by atomic mass is 9.90. The number of rotatable bonds is 6. The molecular weight excluding hydrogens is 446 g/mol. The van der Waals surface area contributed by atoms with Crippen LogP contribution in [0.5, 0.6) is 0 Å². The van der Waals surface area contributed by atoms with Crippen molar-refractivity contribution < 1.29 is 19.1 Å². The molecule has 35 heavy (non-hydrogen) atoms. The maximum Gasteiger partial charge on any atom is 0.338 e. The van der Waals surface area contributed by atoms with E-state index in [-0.39, 0.29) is 24.7 Å². The summed E-state index contributed by atoms with van der Waals surface area (Å²) in [4.78, 5) is 44.3. The van der Waals surface area contributed by atoms with Gasteiger partial charge in [0.25, 0.3) is 0 Å². The molecule has 9 heteroatoms. The number of esters is 1. The molecule has 0 aromatic heterocycles. The van der Waals surface area contributed by atoms with Crippen LogP contribution >= 0.6 is 0 Å². The summed E-state index contributed by atoms with van der Waals surface area (Å²) in [5.41, 5.74) is 4.09. The highest BCUT2D eigenvalue weighted by Gasteiger charge is 2.38. The maximum atomic E-state index is 13.2. The van der Waals surface area contributed by atoms with Crippen molar-refractivity contribution in [1.82, 2.24) is 25.3 Å². The van der Waals surface area contributed by atoms with Crippen LogP contribution in [-0.4, -0.2) is 85.2 Å². The van der Waals surface area contributed by atoms with Crippen molar-refractivity contribution in [3.63, 3.8) is 0 Å². The second-order valence-electron chi connectivity index (χ2n) is 9.60. The SMILES string of the molecule is CCOC(=O)C1=C(CN2CCCN(C(=O)NC(C)C)CC2)N(C)C(=O)NC1c1ccc(C)cc1C. The van der Waals surface area contributed by atoms with Crippen molar-refractivity contribution in [2.45, 2.75) is 53.1 Å². The Morgan fingerprint density at radius 3 is 2.57 bits per heavy atom. The molecule has 192 valence electrons. The first-order valence-electron chi connectivity index (χ1n) is 12.4. The molecule has 0 saturated carbocycles. The predicted molar refractivity (Wildman–Crippen MR) is 135 cm³/mol. The molecule has 2 N–H and O–H groups in total. The summed E-state index contributed by atoms with van der Waals surface area (Å²) >= 11 is 0. The summed E-state index contributed by atoms with van der Waals surface area (Å²) in [5, 5.41) is 5.96. The number of aryl methyl sites for hydroxylation is 2. The average Bonchev–Trinajstić information content (AvgIpc) is 3.02. The van der Waals surface area contributed by atoms with Gasteiger partial charge in [-0.3, -0.25) is 9.80 Å². The molecule has 0 aliphatic carbocycles. The minimum absolute atomic E-state index is 0.0580. The molecule has 4 amide bonds. The molecule has 1 aromatic rings. The number of nitrogens with zero attached hydrogens (tertiary/aromatic N) is 3. The van der Waals surface area contributed by atoms with Crippen LogP contribution in [0.3, 0.4) is 0 Å². The van der Waals surface area contributed by atoms with E-state index in [1.807, 2.05) is 50.8 Å². The third-order valence-corrected chi connectivity index (χ3v) is 6.47. The van der Waals surface area contributed by atoms with Crippen LogP contribution in [0.25, 0.3) is 0 Å². The van der Waals surface area contributed by atoms with E-state index in [0.29, 0.717) is 37.4 Å². The van der Waals surface area contributed by atoms with Crippen LogP contribution in [0, 0.1) is 13.8 Å². The fourth-order valence-electron chi connectivity index (χ4n) is 4.66. The molecule has 0 spiro atoms. The molecule has 1 atom stereocenters. The second kappa shape index (κ2) is 11.6. The highest BCUT2D eigenvalue weighted by atomic mass is 16.5. The normalized spacial score (nSPS) is 19.5. The number of hydrogen-bond donors (Lipinski definition) is 2. The molecule has 1 aromatic carbocycles. The van der Waals surface area contributed by atoms with E-state index in [4.69, 9.17) is 4.74 Å². The zero-order valence-electron chi connectivity index (χ0n) is 21.8. The van der Waals surface area contributed by atoms with Gasteiger partial charge in [0.1, 0.15) is 0 Å². The Kier molecular flexibility index (Phi) is 8.77. The van der Waals surface area contributed by atoms with Gasteiger partial charge in [-0.2, -0.15) is 0 Å². The first-order valence-corrected chi connectivity index (χ1v) is 12.4. The van der Waals surface area contributed by atoms with Crippen molar-refractivity contribution in [2.75, 3.05) is 46.4 Å². The van der Waals surface area contributed by atoms with Crippen molar-refractivity contribution in [2.24, 2.45) is 0 Å². The van der Waals surface area contributed by atoms with E-state index < -0.39 is 12.0 Å². The minimum Gasteiger partial charge on any atom is -0.463 e. The quantitative estimate of drug-likeness (QED) is 0.605. The summed E-state index contributed by atoms with van der Waals surface area (Å²) in [6.07, 6.45) is 0.809. The molecule has 0 bridgehead atoms. The minimum atomic E-state index is -0.589. The second-order valence-corrected chi connectivity index (χ2v) is 9.60. The number of carbonyl (C=O) groups is 3. The number of benzene rings is 1. The van der Waals surface area contributed by atoms with Gasteiger partial charge in [0.05, 0.1) is 18.2 Å². The Balaban J connectivity index is 1.93. The molecule has 1 saturated heterocycles. The Labute approximate surface area is 208 Å². The monoisotopic (exact) mass is 485 g/mol. The van der Waals surface area contributed by atoms with Crippen LogP contribution in [0.2, 0.25) is 0 Å². The number of nitrogens with one attached hydrogen (secondary N) is 2. The number of likely N-dealkylation sites (N-methyl/N-ethyl adjacent to an activating group) is 1. The predicted octanol–water partition coefficient (Wildman–Crippen LogP) is 2.94. The molecule has 2 heterocycles. The van der Waals surface area contributed by atoms with Crippen LogP contribution < -0.4 is 10.6 Å². The van der Waals surface area contributed by atoms with E-state index in [0.717, 1.165) is 29.7 Å². The van der Waals surface area contributed by atoms with Crippen LogP contribution in [-0.2, 0) is 9.53 Å². The summed E-state index contributed by atoms with van der Waals surface area (Å²) in [6.45, 7) is 13.0. The first-order chi connectivity index (χ1) is 16.6. The van der Waals surface area contributed by atoms with Gasteiger partial charge in [-0.15, -0.1) is 0 Å². The first kappa shape index (κ1) is 26.5. The van der Waals surface area contributed by atoms with E-state index in [9.17, 15) is 14.4 Å². The highest BCUT2D eigenvalue weighted by molar-refractivity contribution is 5.95. The molecule has 1 fully saturated rings. The van der Waals surface area contributed by atoms with Gasteiger partial charge in [-0.05, 0) is 52.2 Å². The smallest absolute Gasteiger partial charge is 0.338 e. The lowest BCUT2D eigenvalue weighted by molar-refractivity contribution is -0.139. The third-order valence-electron chi connectivity index (χ3n) is 6.47. The number of hydrogen-bond acceptors (Lipinski definition) is 5. The molecule has 1 unspecified atom stereocenters. The highest BCUT2D eigenvalue weighted by Crippen LogP contribution is 2.33. The fraction of sp³-hybridized carbons (Fsp3) is 0.577. The van der Waals surface area contributed by atoms with Gasteiger partial charge < -0.3 is 20.3 Å². The van der Waals surface area contributed by atoms with Crippen LogP contribution in [0.4, 0.5) is 9.59 Å². The van der Waals surface area contributed by atoms with Crippen LogP contribution in [0.1, 0.15) is 49.9 Å². The topological polar surface area (TPSA) is 94.2 Å². The van der Waals surface area contributed by atoms with Crippen molar-refractivity contribution >= 4 is 18.0 Å². The number of carbonyl (C=O) groups excluding carboxylic acids is 3. The van der Waals surface area contributed by atoms with Gasteiger partial charge >= 0.3 is 18.0 Å². The molecular formula is C26H39N5O4. The molecule has 3 rings (SSSR count). The lowest BCUT2D eigenvalue weighted by Gasteiger charge is -2.37. The molecule has 9 nitrogen and oxygen atoms in total. The van der Waals surface area contributed by atoms with Crippen molar-refractivity contribution in [3.05, 3.63) is 46.2 Å². The van der Waals surface area contributed by atoms with E-state index in [2.05, 4.69) is 15.5 Å². The van der Waals surface area contributed by atoms with Crippen LogP contribution in [0.15, 0.2) is 29.5 Å². The maximum absolute atomic E-state index is 13.2. The van der Waals surface area contributed by atoms with E-state index in [1.165, 1.54) is 4.90 Å². The molecule has 2 aliphatic heterocycles. The van der Waals surface area contributed by atoms with Gasteiger partial charge in [-0.1, -0.05) is 23.8 Å². The fourth-order valence-corrected chi connectivity index (χ4v) is 4.66. The zero-order valence-corrected chi connectivity index (χ0v) is 21.8. The van der Waals surface area contributed by atoms with Gasteiger partial charge in [0.15, 0.2) is 0 Å². The van der Waals surface area contributed by atoms with Gasteiger partial charge in [-0.25, -0.2) is 14.4 Å². The Hall–Kier alpha value is -3.07. The third kappa shape index (κ3) is 6.33. The summed E-state index contributed by atoms with van der Waals surface area (Å²) in [5.74, 6) is -0.424. The largest absolute Gasteiger partial charge is 0.463 e. The van der Waals surface area contributed by atoms with E-state index >= 15 is 0 Å². The van der Waals surface area contributed by atoms with E-state index in [1.54, 1.807) is 14.0 Å². The summed E-state index contributed by atoms with van der Waals surface area (Å²) in [6, 6.07) is 5.18. The number of urea groups is 2. The van der Waals surface area contributed by atoms with Crippen molar-refractivity contribution in [3.8, 4) is 0 Å². The van der Waals surface area contributed by atoms with Gasteiger partial charge in [0, 0.05) is 51.5 Å². The standard InChI is InChI=1S/C26H39N5O4/c1-7-35-24(32)22-21(16-30-11-8-12-31(14-13-30)26(34)27-17(2)3)29(6)25(33)28-23(22)20-10-9-18(4)15-19(20)5/h9-10,15,17,23H,7-8,11-14,16H2,1-6H3,(H,27,34)(H,28,33). The Morgan fingerprint density at radius 1 is 1.17 bits per heavy atom. The van der Waals surface area contributed by atoms with Gasteiger partial charge in [0.2, 0.25) is 0 Å². The summed E-state index contributed by atoms with van der Waals surface area (Å²) in [7, 11) is 1.68. The number of ether oxygens (including phenoxy) is 1.